The molecular weight excluding hydrogens is 372 g/mol. The molecule has 0 aliphatic carbocycles. The first-order valence-corrected chi connectivity index (χ1v) is 9.94. The second kappa shape index (κ2) is 9.42. The molecule has 0 spiro atoms. The van der Waals surface area contributed by atoms with E-state index in [4.69, 9.17) is 14.2 Å². The van der Waals surface area contributed by atoms with Crippen LogP contribution in [0.3, 0.4) is 0 Å². The van der Waals surface area contributed by atoms with Gasteiger partial charge in [-0.3, -0.25) is 4.79 Å². The third-order valence-electron chi connectivity index (χ3n) is 4.57. The van der Waals surface area contributed by atoms with Crippen LogP contribution in [0.15, 0.2) is 54.6 Å². The lowest BCUT2D eigenvalue weighted by Crippen LogP contribution is -1.99. The molecule has 1 heterocycles. The molecule has 0 amide bonds. The molecule has 0 fully saturated rings. The van der Waals surface area contributed by atoms with Crippen molar-refractivity contribution in [1.82, 2.24) is 0 Å². The summed E-state index contributed by atoms with van der Waals surface area (Å²) in [5, 5.41) is 0. The van der Waals surface area contributed by atoms with Gasteiger partial charge in [-0.15, -0.1) is 11.3 Å². The fraction of sp³-hybridized carbons (Fsp3) is 0.261. The fourth-order valence-corrected chi connectivity index (χ4v) is 4.24. The van der Waals surface area contributed by atoms with Crippen LogP contribution in [0.5, 0.6) is 11.5 Å². The number of benzene rings is 2. The first kappa shape index (κ1) is 20.0. The molecule has 28 heavy (non-hydrogen) atoms. The summed E-state index contributed by atoms with van der Waals surface area (Å²) >= 11 is 1.77. The van der Waals surface area contributed by atoms with Gasteiger partial charge in [0.25, 0.3) is 0 Å². The maximum absolute atomic E-state index is 11.4. The summed E-state index contributed by atoms with van der Waals surface area (Å²) in [5.74, 6) is 1.51. The Morgan fingerprint density at radius 2 is 1.43 bits per heavy atom. The third-order valence-corrected chi connectivity index (χ3v) is 5.81. The molecule has 0 saturated carbocycles. The Balaban J connectivity index is 1.93. The molecule has 3 rings (SSSR count). The molecule has 0 aliphatic heterocycles. The number of thiophene rings is 1. The molecule has 146 valence electrons. The van der Waals surface area contributed by atoms with Gasteiger partial charge in [0, 0.05) is 21.7 Å². The monoisotopic (exact) mass is 396 g/mol. The largest absolute Gasteiger partial charge is 0.497 e. The van der Waals surface area contributed by atoms with Crippen molar-refractivity contribution < 1.29 is 19.0 Å². The molecule has 5 heteroatoms. The van der Waals surface area contributed by atoms with Crippen molar-refractivity contribution in [2.24, 2.45) is 0 Å². The number of esters is 1. The topological polar surface area (TPSA) is 44.8 Å². The van der Waals surface area contributed by atoms with Crippen LogP contribution in [0, 0.1) is 0 Å². The Bertz CT molecular complexity index is 846. The van der Waals surface area contributed by atoms with Crippen LogP contribution in [0.2, 0.25) is 0 Å². The van der Waals surface area contributed by atoms with Gasteiger partial charge in [0.2, 0.25) is 0 Å². The Labute approximate surface area is 169 Å². The van der Waals surface area contributed by atoms with Crippen molar-refractivity contribution in [2.45, 2.75) is 19.3 Å². The summed E-state index contributed by atoms with van der Waals surface area (Å²) in [5.41, 5.74) is 3.48. The number of rotatable bonds is 8. The maximum atomic E-state index is 11.4. The van der Waals surface area contributed by atoms with Crippen molar-refractivity contribution in [3.63, 3.8) is 0 Å². The van der Waals surface area contributed by atoms with E-state index in [-0.39, 0.29) is 5.97 Å². The number of hydrogen-bond acceptors (Lipinski definition) is 5. The van der Waals surface area contributed by atoms with Crippen LogP contribution < -0.4 is 9.47 Å². The molecule has 4 nitrogen and oxygen atoms in total. The minimum absolute atomic E-state index is 0.165. The van der Waals surface area contributed by atoms with Gasteiger partial charge in [0.15, 0.2) is 0 Å². The van der Waals surface area contributed by atoms with E-state index >= 15 is 0 Å². The number of carbonyl (C=O) groups excluding carboxylic acids is 1. The van der Waals surface area contributed by atoms with Crippen molar-refractivity contribution >= 4 is 17.3 Å². The van der Waals surface area contributed by atoms with Gasteiger partial charge in [-0.2, -0.15) is 0 Å². The van der Waals surface area contributed by atoms with Crippen LogP contribution in [0.25, 0.3) is 21.6 Å². The molecular formula is C23H24O4S. The van der Waals surface area contributed by atoms with Crippen molar-refractivity contribution in [2.75, 3.05) is 21.3 Å². The summed E-state index contributed by atoms with van der Waals surface area (Å²) in [6.45, 7) is 0. The second-order valence-electron chi connectivity index (χ2n) is 6.34. The number of ether oxygens (including phenoxy) is 3. The average Bonchev–Trinajstić information content (AvgIpc) is 3.17. The first-order valence-electron chi connectivity index (χ1n) is 9.13. The molecule has 2 aromatic carbocycles. The number of aryl methyl sites for hydroxylation is 1. The van der Waals surface area contributed by atoms with Crippen LogP contribution in [-0.2, 0) is 16.0 Å². The Morgan fingerprint density at radius 1 is 0.857 bits per heavy atom. The molecule has 0 saturated heterocycles. The molecule has 0 radical (unpaired) electrons. The smallest absolute Gasteiger partial charge is 0.305 e. The fourth-order valence-electron chi connectivity index (χ4n) is 3.02. The minimum atomic E-state index is -0.165. The van der Waals surface area contributed by atoms with Gasteiger partial charge in [-0.1, -0.05) is 12.1 Å². The van der Waals surface area contributed by atoms with Gasteiger partial charge in [-0.05, 0) is 66.4 Å². The van der Waals surface area contributed by atoms with Crippen molar-refractivity contribution in [3.8, 4) is 33.1 Å². The lowest BCUT2D eigenvalue weighted by molar-refractivity contribution is -0.140. The number of methoxy groups -OCH3 is 3. The zero-order valence-corrected chi connectivity index (χ0v) is 17.2. The highest BCUT2D eigenvalue weighted by atomic mass is 32.1. The summed E-state index contributed by atoms with van der Waals surface area (Å²) in [7, 11) is 4.77. The number of hydrogen-bond donors (Lipinski definition) is 0. The van der Waals surface area contributed by atoms with E-state index in [1.165, 1.54) is 22.4 Å². The molecule has 0 unspecified atom stereocenters. The molecule has 0 bridgehead atoms. The quantitative estimate of drug-likeness (QED) is 0.465. The highest BCUT2D eigenvalue weighted by Gasteiger charge is 2.14. The van der Waals surface area contributed by atoms with E-state index in [0.29, 0.717) is 6.42 Å². The van der Waals surface area contributed by atoms with Crippen LogP contribution >= 0.6 is 11.3 Å². The van der Waals surface area contributed by atoms with Crippen molar-refractivity contribution in [3.05, 3.63) is 59.5 Å². The summed E-state index contributed by atoms with van der Waals surface area (Å²) in [6.07, 6.45) is 2.06. The predicted octanol–water partition coefficient (Wildman–Crippen LogP) is 5.60. The molecule has 1 aromatic heterocycles. The van der Waals surface area contributed by atoms with Gasteiger partial charge in [0.05, 0.1) is 21.3 Å². The van der Waals surface area contributed by atoms with E-state index in [2.05, 4.69) is 30.3 Å². The molecule has 3 aromatic rings. The van der Waals surface area contributed by atoms with Crippen molar-refractivity contribution in [1.29, 1.82) is 0 Å². The van der Waals surface area contributed by atoms with Crippen LogP contribution in [-0.4, -0.2) is 27.3 Å². The standard InChI is InChI=1S/C23H24O4S/c1-25-18-11-7-16(8-12-18)21-15-20(5-4-6-22(24)27-3)28-23(21)17-9-13-19(26-2)14-10-17/h7-15H,4-6H2,1-3H3. The molecule has 0 N–H and O–H groups in total. The highest BCUT2D eigenvalue weighted by Crippen LogP contribution is 2.40. The van der Waals surface area contributed by atoms with Gasteiger partial charge < -0.3 is 14.2 Å². The normalized spacial score (nSPS) is 10.5. The van der Waals surface area contributed by atoms with Crippen LogP contribution in [0.4, 0.5) is 0 Å². The Morgan fingerprint density at radius 3 is 1.96 bits per heavy atom. The summed E-state index contributed by atoms with van der Waals surface area (Å²) in [4.78, 5) is 13.9. The summed E-state index contributed by atoms with van der Waals surface area (Å²) in [6, 6.07) is 18.4. The molecule has 0 aliphatic rings. The third kappa shape index (κ3) is 4.73. The zero-order chi connectivity index (χ0) is 19.9. The van der Waals surface area contributed by atoms with Crippen LogP contribution in [0.1, 0.15) is 17.7 Å². The van der Waals surface area contributed by atoms with E-state index in [9.17, 15) is 4.79 Å². The summed E-state index contributed by atoms with van der Waals surface area (Å²) < 4.78 is 15.3. The van der Waals surface area contributed by atoms with Gasteiger partial charge in [0.1, 0.15) is 11.5 Å². The second-order valence-corrected chi connectivity index (χ2v) is 7.48. The lowest BCUT2D eigenvalue weighted by Gasteiger charge is -2.07. The van der Waals surface area contributed by atoms with E-state index in [1.54, 1.807) is 25.6 Å². The first-order chi connectivity index (χ1) is 13.6. The Kier molecular flexibility index (Phi) is 6.71. The predicted molar refractivity (Wildman–Crippen MR) is 113 cm³/mol. The van der Waals surface area contributed by atoms with E-state index in [0.717, 1.165) is 35.5 Å². The minimum Gasteiger partial charge on any atom is -0.497 e. The average molecular weight is 397 g/mol. The van der Waals surface area contributed by atoms with Gasteiger partial charge >= 0.3 is 5.97 Å². The lowest BCUT2D eigenvalue weighted by atomic mass is 10.0. The SMILES string of the molecule is COC(=O)CCCc1cc(-c2ccc(OC)cc2)c(-c2ccc(OC)cc2)s1. The van der Waals surface area contributed by atoms with Gasteiger partial charge in [-0.25, -0.2) is 0 Å². The van der Waals surface area contributed by atoms with E-state index < -0.39 is 0 Å². The maximum Gasteiger partial charge on any atom is 0.305 e. The highest BCUT2D eigenvalue weighted by molar-refractivity contribution is 7.16. The number of carbonyl (C=O) groups is 1. The molecule has 0 atom stereocenters. The van der Waals surface area contributed by atoms with E-state index in [1.807, 2.05) is 24.3 Å². The Hall–Kier alpha value is -2.79. The zero-order valence-electron chi connectivity index (χ0n) is 16.4.